The first-order chi connectivity index (χ1) is 17.7. The van der Waals surface area contributed by atoms with Crippen LogP contribution in [0.15, 0.2) is 72.8 Å². The van der Waals surface area contributed by atoms with Crippen molar-refractivity contribution in [2.75, 3.05) is 0 Å². The summed E-state index contributed by atoms with van der Waals surface area (Å²) in [5, 5.41) is 12.6. The van der Waals surface area contributed by atoms with Gasteiger partial charge in [0.25, 0.3) is 5.91 Å². The number of rotatable bonds is 7. The number of amides is 2. The van der Waals surface area contributed by atoms with Crippen molar-refractivity contribution in [1.82, 2.24) is 10.2 Å². The highest BCUT2D eigenvalue weighted by molar-refractivity contribution is 6.01. The summed E-state index contributed by atoms with van der Waals surface area (Å²) in [5.74, 6) is -1.51. The van der Waals surface area contributed by atoms with E-state index in [1.165, 1.54) is 24.3 Å². The van der Waals surface area contributed by atoms with Crippen LogP contribution in [0.5, 0.6) is 5.75 Å². The number of carbonyl (C=O) groups is 2. The minimum absolute atomic E-state index is 0.0685. The number of aliphatic hydroxyl groups excluding tert-OH is 1. The fourth-order valence-electron chi connectivity index (χ4n) is 4.75. The van der Waals surface area contributed by atoms with Crippen LogP contribution in [0.25, 0.3) is 0 Å². The summed E-state index contributed by atoms with van der Waals surface area (Å²) in [4.78, 5) is 28.9. The van der Waals surface area contributed by atoms with E-state index >= 15 is 0 Å². The monoisotopic (exact) mass is 510 g/mol. The van der Waals surface area contributed by atoms with Gasteiger partial charge in [-0.05, 0) is 53.3 Å². The minimum Gasteiger partial charge on any atom is -0.406 e. The zero-order chi connectivity index (χ0) is 26.2. The van der Waals surface area contributed by atoms with E-state index < -0.39 is 18.3 Å². The smallest absolute Gasteiger partial charge is 0.406 e. The molecule has 0 saturated heterocycles. The summed E-state index contributed by atoms with van der Waals surface area (Å²) in [7, 11) is 0. The minimum atomic E-state index is -4.80. The lowest BCUT2D eigenvalue weighted by molar-refractivity contribution is -0.274. The molecule has 1 heterocycles. The van der Waals surface area contributed by atoms with Gasteiger partial charge in [0.05, 0.1) is 18.6 Å². The highest BCUT2D eigenvalue weighted by Gasteiger charge is 2.45. The average Bonchev–Trinajstić information content (AvgIpc) is 3.69. The van der Waals surface area contributed by atoms with Crippen molar-refractivity contribution in [2.24, 2.45) is 0 Å². The van der Waals surface area contributed by atoms with Crippen LogP contribution in [-0.4, -0.2) is 34.2 Å². The van der Waals surface area contributed by atoms with Gasteiger partial charge >= 0.3 is 6.36 Å². The Labute approximate surface area is 211 Å². The number of benzene rings is 3. The van der Waals surface area contributed by atoms with Gasteiger partial charge in [-0.2, -0.15) is 0 Å². The van der Waals surface area contributed by atoms with E-state index in [-0.39, 0.29) is 36.8 Å². The lowest BCUT2D eigenvalue weighted by Crippen LogP contribution is -2.47. The van der Waals surface area contributed by atoms with Crippen molar-refractivity contribution in [3.8, 4) is 5.75 Å². The van der Waals surface area contributed by atoms with Gasteiger partial charge in [0.1, 0.15) is 5.75 Å². The van der Waals surface area contributed by atoms with Crippen LogP contribution >= 0.6 is 0 Å². The molecule has 5 rings (SSSR count). The maximum Gasteiger partial charge on any atom is 0.573 e. The Morgan fingerprint density at radius 3 is 2.24 bits per heavy atom. The molecule has 0 aromatic heterocycles. The summed E-state index contributed by atoms with van der Waals surface area (Å²) in [5.41, 5.74) is 3.04. The summed E-state index contributed by atoms with van der Waals surface area (Å²) >= 11 is 0. The number of alkyl halides is 3. The van der Waals surface area contributed by atoms with Gasteiger partial charge in [0.15, 0.2) is 0 Å². The lowest BCUT2D eigenvalue weighted by Gasteiger charge is -2.42. The largest absolute Gasteiger partial charge is 0.573 e. The van der Waals surface area contributed by atoms with Crippen LogP contribution in [0, 0.1) is 0 Å². The number of halogens is 3. The Kier molecular flexibility index (Phi) is 6.64. The van der Waals surface area contributed by atoms with E-state index in [2.05, 4.69) is 10.1 Å². The Balaban J connectivity index is 1.55. The highest BCUT2D eigenvalue weighted by Crippen LogP contribution is 2.44. The molecule has 2 atom stereocenters. The third-order valence-corrected chi connectivity index (χ3v) is 6.66. The fraction of sp³-hybridized carbons (Fsp3) is 0.286. The van der Waals surface area contributed by atoms with Crippen molar-refractivity contribution in [3.63, 3.8) is 0 Å². The number of nitrogens with one attached hydrogen (secondary N) is 1. The van der Waals surface area contributed by atoms with E-state index in [9.17, 15) is 27.9 Å². The van der Waals surface area contributed by atoms with E-state index in [1.54, 1.807) is 53.4 Å². The van der Waals surface area contributed by atoms with Crippen LogP contribution in [0.2, 0.25) is 0 Å². The van der Waals surface area contributed by atoms with Crippen molar-refractivity contribution < 1.29 is 32.6 Å². The van der Waals surface area contributed by atoms with Gasteiger partial charge in [-0.1, -0.05) is 54.6 Å². The molecule has 6 nitrogen and oxygen atoms in total. The predicted octanol–water partition coefficient (Wildman–Crippen LogP) is 4.84. The molecule has 2 N–H and O–H groups in total. The third-order valence-electron chi connectivity index (χ3n) is 6.66. The van der Waals surface area contributed by atoms with E-state index in [4.69, 9.17) is 0 Å². The maximum absolute atomic E-state index is 13.8. The summed E-state index contributed by atoms with van der Waals surface area (Å²) in [6, 6.07) is 18.9. The van der Waals surface area contributed by atoms with Crippen LogP contribution in [0.3, 0.4) is 0 Å². The Morgan fingerprint density at radius 1 is 0.973 bits per heavy atom. The second-order valence-corrected chi connectivity index (χ2v) is 9.32. The molecule has 2 amide bonds. The van der Waals surface area contributed by atoms with Gasteiger partial charge in [-0.25, -0.2) is 0 Å². The van der Waals surface area contributed by atoms with Crippen LogP contribution in [-0.2, 0) is 17.9 Å². The first-order valence-corrected chi connectivity index (χ1v) is 12.0. The molecule has 1 aliphatic heterocycles. The van der Waals surface area contributed by atoms with Crippen LogP contribution in [0.1, 0.15) is 57.4 Å². The van der Waals surface area contributed by atoms with Crippen molar-refractivity contribution in [1.29, 1.82) is 0 Å². The Morgan fingerprint density at radius 2 is 1.62 bits per heavy atom. The van der Waals surface area contributed by atoms with Gasteiger partial charge < -0.3 is 20.1 Å². The highest BCUT2D eigenvalue weighted by atomic mass is 19.4. The zero-order valence-electron chi connectivity index (χ0n) is 19.7. The molecule has 0 bridgehead atoms. The molecule has 37 heavy (non-hydrogen) atoms. The number of fused-ring (bicyclic) bond motifs is 1. The Bertz CT molecular complexity index is 1290. The second kappa shape index (κ2) is 9.89. The normalized spacial score (nSPS) is 19.4. The molecule has 0 spiro atoms. The van der Waals surface area contributed by atoms with Crippen LogP contribution < -0.4 is 10.1 Å². The van der Waals surface area contributed by atoms with Crippen LogP contribution in [0.4, 0.5) is 13.2 Å². The molecular weight excluding hydrogens is 485 g/mol. The first kappa shape index (κ1) is 24.8. The molecule has 3 aromatic rings. The second-order valence-electron chi connectivity index (χ2n) is 9.32. The molecule has 0 radical (unpaired) electrons. The number of ether oxygens (including phenoxy) is 1. The summed E-state index contributed by atoms with van der Waals surface area (Å²) in [6.45, 7) is -0.0759. The van der Waals surface area contributed by atoms with E-state index in [1.807, 2.05) is 0 Å². The molecule has 1 saturated carbocycles. The van der Waals surface area contributed by atoms with Gasteiger partial charge in [0, 0.05) is 18.2 Å². The number of aliphatic hydroxyl groups is 1. The molecule has 0 unspecified atom stereocenters. The summed E-state index contributed by atoms with van der Waals surface area (Å²) in [6.07, 6.45) is -2.99. The van der Waals surface area contributed by atoms with Crippen molar-refractivity contribution >= 4 is 11.8 Å². The maximum atomic E-state index is 13.8. The molecule has 2 aliphatic rings. The molecule has 9 heteroatoms. The topological polar surface area (TPSA) is 78.9 Å². The van der Waals surface area contributed by atoms with Crippen molar-refractivity contribution in [2.45, 2.75) is 50.4 Å². The van der Waals surface area contributed by atoms with Gasteiger partial charge in [0.2, 0.25) is 5.91 Å². The van der Waals surface area contributed by atoms with E-state index in [0.29, 0.717) is 27.8 Å². The SMILES string of the molecule is O=C(NC1CC1)[C@@H]1c2ccccc2C(=O)N(Cc2ccc(OC(F)(F)F)cc2)[C@H]1c1ccc(CO)cc1. The third kappa shape index (κ3) is 5.46. The Hall–Kier alpha value is -3.85. The molecular formula is C28H25F3N2O4. The van der Waals surface area contributed by atoms with E-state index in [0.717, 1.165) is 12.8 Å². The number of nitrogens with zero attached hydrogens (tertiary/aromatic N) is 1. The molecule has 3 aromatic carbocycles. The summed E-state index contributed by atoms with van der Waals surface area (Å²) < 4.78 is 41.7. The fourth-order valence-corrected chi connectivity index (χ4v) is 4.75. The standard InChI is InChI=1S/C28H25F3N2O4/c29-28(30,31)37-21-13-7-17(8-14-21)15-33-25(19-9-5-18(16-34)6-10-19)24(26(35)32-20-11-12-20)22-3-1-2-4-23(22)27(33)36/h1-10,13-14,20,24-25,34H,11-12,15-16H2,(H,32,35)/t24-,25+/m1/s1. The van der Waals surface area contributed by atoms with Crippen molar-refractivity contribution in [3.05, 3.63) is 101 Å². The molecule has 1 fully saturated rings. The quantitative estimate of drug-likeness (QED) is 0.477. The molecule has 192 valence electrons. The van der Waals surface area contributed by atoms with Gasteiger partial charge in [-0.15, -0.1) is 13.2 Å². The predicted molar refractivity (Wildman–Crippen MR) is 128 cm³/mol. The number of hydrogen-bond acceptors (Lipinski definition) is 4. The zero-order valence-corrected chi connectivity index (χ0v) is 19.7. The first-order valence-electron chi connectivity index (χ1n) is 12.0. The number of carbonyl (C=O) groups excluding carboxylic acids is 2. The lowest BCUT2D eigenvalue weighted by atomic mass is 9.78. The van der Waals surface area contributed by atoms with Gasteiger partial charge in [-0.3, -0.25) is 9.59 Å². The number of hydrogen-bond donors (Lipinski definition) is 2. The molecule has 1 aliphatic carbocycles. The average molecular weight is 511 g/mol.